The molecule has 2 unspecified atom stereocenters. The maximum Gasteiger partial charge on any atom is 0.0810 e. The molecule has 0 radical (unpaired) electrons. The molecule has 0 heterocycles. The minimum atomic E-state index is -0.112. The van der Waals surface area contributed by atoms with Crippen LogP contribution in [0.25, 0.3) is 0 Å². The molecule has 3 nitrogen and oxygen atoms in total. The van der Waals surface area contributed by atoms with Crippen molar-refractivity contribution in [3.05, 3.63) is 35.4 Å². The summed E-state index contributed by atoms with van der Waals surface area (Å²) in [5.74, 6) is 0. The lowest BCUT2D eigenvalue weighted by atomic mass is 10.1. The molecule has 2 atom stereocenters. The average Bonchev–Trinajstić information content (AvgIpc) is 2.78. The van der Waals surface area contributed by atoms with Gasteiger partial charge in [-0.3, -0.25) is 0 Å². The smallest absolute Gasteiger partial charge is 0.0810 e. The first-order valence-corrected chi connectivity index (χ1v) is 7.55. The molecular weight excluding hydrogens is 250 g/mol. The second kappa shape index (κ2) is 6.70. The molecule has 0 aromatic heterocycles. The molecule has 2 rings (SSSR count). The number of fused-ring (bicyclic) bond motifs is 1. The third-order valence-corrected chi connectivity index (χ3v) is 4.20. The second-order valence-corrected chi connectivity index (χ2v) is 6.06. The van der Waals surface area contributed by atoms with E-state index >= 15 is 0 Å². The average molecular weight is 277 g/mol. The van der Waals surface area contributed by atoms with Crippen molar-refractivity contribution in [1.29, 1.82) is 0 Å². The van der Waals surface area contributed by atoms with Gasteiger partial charge in [0.25, 0.3) is 0 Å². The van der Waals surface area contributed by atoms with Gasteiger partial charge in [0.05, 0.1) is 17.7 Å². The standard InChI is InChI=1S/C17H27NO2/c1-5-18-16-14-9-7-6-8-13(14)12-15(16)20-11-10-17(2,3)19-4/h6-9,15-16,18H,5,10-12H2,1-4H3. The number of methoxy groups -OCH3 is 1. The summed E-state index contributed by atoms with van der Waals surface area (Å²) >= 11 is 0. The molecule has 0 bridgehead atoms. The Labute approximate surface area is 122 Å². The Morgan fingerprint density at radius 2 is 2.05 bits per heavy atom. The van der Waals surface area contributed by atoms with E-state index in [1.54, 1.807) is 7.11 Å². The van der Waals surface area contributed by atoms with Gasteiger partial charge in [-0.25, -0.2) is 0 Å². The van der Waals surface area contributed by atoms with E-state index in [9.17, 15) is 0 Å². The van der Waals surface area contributed by atoms with Gasteiger partial charge >= 0.3 is 0 Å². The van der Waals surface area contributed by atoms with E-state index in [1.807, 2.05) is 0 Å². The Hall–Kier alpha value is -0.900. The molecule has 0 spiro atoms. The van der Waals surface area contributed by atoms with Crippen molar-refractivity contribution in [1.82, 2.24) is 5.32 Å². The molecule has 0 aliphatic heterocycles. The fraction of sp³-hybridized carbons (Fsp3) is 0.647. The highest BCUT2D eigenvalue weighted by Gasteiger charge is 2.32. The van der Waals surface area contributed by atoms with Crippen LogP contribution in [0.5, 0.6) is 0 Å². The van der Waals surface area contributed by atoms with Gasteiger partial charge in [-0.1, -0.05) is 31.2 Å². The van der Waals surface area contributed by atoms with Crippen molar-refractivity contribution < 1.29 is 9.47 Å². The highest BCUT2D eigenvalue weighted by Crippen LogP contribution is 2.33. The first kappa shape index (κ1) is 15.5. The van der Waals surface area contributed by atoms with Gasteiger partial charge in [-0.15, -0.1) is 0 Å². The van der Waals surface area contributed by atoms with Crippen molar-refractivity contribution in [2.24, 2.45) is 0 Å². The lowest BCUT2D eigenvalue weighted by Crippen LogP contribution is -2.32. The third kappa shape index (κ3) is 3.60. The second-order valence-electron chi connectivity index (χ2n) is 6.06. The van der Waals surface area contributed by atoms with E-state index in [2.05, 4.69) is 50.4 Å². The molecule has 112 valence electrons. The fourth-order valence-corrected chi connectivity index (χ4v) is 2.73. The normalized spacial score (nSPS) is 22.0. The molecule has 0 amide bonds. The summed E-state index contributed by atoms with van der Waals surface area (Å²) in [6, 6.07) is 8.97. The zero-order chi connectivity index (χ0) is 14.6. The van der Waals surface area contributed by atoms with E-state index in [1.165, 1.54) is 11.1 Å². The largest absolute Gasteiger partial charge is 0.379 e. The molecule has 0 fully saturated rings. The monoisotopic (exact) mass is 277 g/mol. The van der Waals surface area contributed by atoms with Crippen LogP contribution in [0, 0.1) is 0 Å². The molecular formula is C17H27NO2. The summed E-state index contributed by atoms with van der Waals surface area (Å²) < 4.78 is 11.6. The van der Waals surface area contributed by atoms with Crippen molar-refractivity contribution in [3.8, 4) is 0 Å². The fourth-order valence-electron chi connectivity index (χ4n) is 2.73. The topological polar surface area (TPSA) is 30.5 Å². The van der Waals surface area contributed by atoms with E-state index in [0.717, 1.165) is 26.0 Å². The van der Waals surface area contributed by atoms with Crippen LogP contribution >= 0.6 is 0 Å². The van der Waals surface area contributed by atoms with Crippen LogP contribution < -0.4 is 5.32 Å². The SMILES string of the molecule is CCNC1c2ccccc2CC1OCCC(C)(C)OC. The summed E-state index contributed by atoms with van der Waals surface area (Å²) in [7, 11) is 1.76. The minimum Gasteiger partial charge on any atom is -0.379 e. The van der Waals surface area contributed by atoms with Gasteiger partial charge in [-0.05, 0) is 37.9 Å². The number of likely N-dealkylation sites (N-methyl/N-ethyl adjacent to an activating group) is 1. The summed E-state index contributed by atoms with van der Waals surface area (Å²) in [5, 5.41) is 3.56. The lowest BCUT2D eigenvalue weighted by molar-refractivity contribution is -0.0319. The molecule has 0 saturated heterocycles. The van der Waals surface area contributed by atoms with Gasteiger partial charge in [0, 0.05) is 20.1 Å². The van der Waals surface area contributed by atoms with E-state index in [4.69, 9.17) is 9.47 Å². The Morgan fingerprint density at radius 1 is 1.30 bits per heavy atom. The van der Waals surface area contributed by atoms with Crippen LogP contribution in [0.2, 0.25) is 0 Å². The number of hydrogen-bond acceptors (Lipinski definition) is 3. The van der Waals surface area contributed by atoms with Gasteiger partial charge in [-0.2, -0.15) is 0 Å². The Bertz CT molecular complexity index is 431. The molecule has 1 N–H and O–H groups in total. The molecule has 1 aromatic rings. The van der Waals surface area contributed by atoms with Gasteiger partial charge in [0.15, 0.2) is 0 Å². The summed E-state index contributed by atoms with van der Waals surface area (Å²) in [5.41, 5.74) is 2.69. The van der Waals surface area contributed by atoms with Crippen LogP contribution in [-0.2, 0) is 15.9 Å². The van der Waals surface area contributed by atoms with Crippen LogP contribution in [0.4, 0.5) is 0 Å². The highest BCUT2D eigenvalue weighted by atomic mass is 16.5. The van der Waals surface area contributed by atoms with Crippen LogP contribution in [-0.4, -0.2) is 32.0 Å². The van der Waals surface area contributed by atoms with Crippen LogP contribution in [0.1, 0.15) is 44.4 Å². The number of benzene rings is 1. The van der Waals surface area contributed by atoms with Crippen LogP contribution in [0.15, 0.2) is 24.3 Å². The molecule has 1 aliphatic carbocycles. The number of nitrogens with one attached hydrogen (secondary N) is 1. The number of ether oxygens (including phenoxy) is 2. The molecule has 3 heteroatoms. The number of hydrogen-bond donors (Lipinski definition) is 1. The minimum absolute atomic E-state index is 0.112. The Balaban J connectivity index is 1.95. The maximum absolute atomic E-state index is 6.15. The van der Waals surface area contributed by atoms with Crippen molar-refractivity contribution in [2.75, 3.05) is 20.3 Å². The first-order valence-electron chi connectivity index (χ1n) is 7.55. The predicted octanol–water partition coefficient (Wildman–Crippen LogP) is 3.09. The molecule has 1 aromatic carbocycles. The van der Waals surface area contributed by atoms with Crippen molar-refractivity contribution in [2.45, 2.75) is 51.4 Å². The maximum atomic E-state index is 6.15. The zero-order valence-corrected chi connectivity index (χ0v) is 13.1. The van der Waals surface area contributed by atoms with Crippen LogP contribution in [0.3, 0.4) is 0 Å². The molecule has 20 heavy (non-hydrogen) atoms. The summed E-state index contributed by atoms with van der Waals surface area (Å²) in [6.45, 7) is 8.04. The van der Waals surface area contributed by atoms with Crippen molar-refractivity contribution in [3.63, 3.8) is 0 Å². The van der Waals surface area contributed by atoms with Crippen molar-refractivity contribution >= 4 is 0 Å². The highest BCUT2D eigenvalue weighted by molar-refractivity contribution is 5.36. The summed E-state index contributed by atoms with van der Waals surface area (Å²) in [6.07, 6.45) is 2.15. The Kier molecular flexibility index (Phi) is 5.19. The number of rotatable bonds is 7. The lowest BCUT2D eigenvalue weighted by Gasteiger charge is -2.26. The van der Waals surface area contributed by atoms with E-state index in [-0.39, 0.29) is 11.7 Å². The van der Waals surface area contributed by atoms with E-state index < -0.39 is 0 Å². The summed E-state index contributed by atoms with van der Waals surface area (Å²) in [4.78, 5) is 0. The molecule has 1 aliphatic rings. The zero-order valence-electron chi connectivity index (χ0n) is 13.1. The van der Waals surface area contributed by atoms with Gasteiger partial charge < -0.3 is 14.8 Å². The van der Waals surface area contributed by atoms with E-state index in [0.29, 0.717) is 6.04 Å². The third-order valence-electron chi connectivity index (χ3n) is 4.20. The Morgan fingerprint density at radius 3 is 2.75 bits per heavy atom. The first-order chi connectivity index (χ1) is 9.57. The van der Waals surface area contributed by atoms with Gasteiger partial charge in [0.1, 0.15) is 0 Å². The quantitative estimate of drug-likeness (QED) is 0.831. The molecule has 0 saturated carbocycles. The predicted molar refractivity (Wildman–Crippen MR) is 82.0 cm³/mol. The van der Waals surface area contributed by atoms with Gasteiger partial charge in [0.2, 0.25) is 0 Å².